The number of likely N-dealkylation sites (tertiary alicyclic amines) is 1. The fourth-order valence-corrected chi connectivity index (χ4v) is 2.64. The molecule has 5 nitrogen and oxygen atoms in total. The van der Waals surface area contributed by atoms with Crippen molar-refractivity contribution in [2.24, 2.45) is 5.92 Å². The summed E-state index contributed by atoms with van der Waals surface area (Å²) in [4.78, 5) is 25.3. The molecule has 1 saturated heterocycles. The van der Waals surface area contributed by atoms with Gasteiger partial charge in [0, 0.05) is 25.6 Å². The average molecular weight is 291 g/mol. The molecule has 0 aliphatic carbocycles. The fraction of sp³-hybridized carbons (Fsp3) is 0.500. The van der Waals surface area contributed by atoms with Gasteiger partial charge in [-0.05, 0) is 25.0 Å². The molecular weight excluding hydrogens is 270 g/mol. The number of rotatable bonds is 6. The minimum absolute atomic E-state index is 0.0114. The van der Waals surface area contributed by atoms with E-state index in [0.717, 1.165) is 13.0 Å². The van der Waals surface area contributed by atoms with Gasteiger partial charge < -0.3 is 14.7 Å². The molecule has 1 aromatic rings. The van der Waals surface area contributed by atoms with Crippen LogP contribution in [0.5, 0.6) is 0 Å². The van der Waals surface area contributed by atoms with Crippen molar-refractivity contribution in [1.82, 2.24) is 4.90 Å². The van der Waals surface area contributed by atoms with Crippen molar-refractivity contribution in [1.29, 1.82) is 0 Å². The number of carbonyl (C=O) groups excluding carboxylic acids is 1. The van der Waals surface area contributed by atoms with Gasteiger partial charge in [0.25, 0.3) is 0 Å². The molecule has 0 bridgehead atoms. The van der Waals surface area contributed by atoms with Crippen LogP contribution in [0.4, 0.5) is 0 Å². The Morgan fingerprint density at radius 2 is 2.14 bits per heavy atom. The van der Waals surface area contributed by atoms with Crippen LogP contribution in [0.1, 0.15) is 29.3 Å². The molecule has 1 amide bonds. The fourth-order valence-electron chi connectivity index (χ4n) is 2.64. The van der Waals surface area contributed by atoms with Gasteiger partial charge in [0.05, 0.1) is 18.6 Å². The highest BCUT2D eigenvalue weighted by Gasteiger charge is 2.26. The predicted octanol–water partition coefficient (Wildman–Crippen LogP) is 1.81. The van der Waals surface area contributed by atoms with Gasteiger partial charge in [0.2, 0.25) is 5.91 Å². The van der Waals surface area contributed by atoms with Crippen LogP contribution in [0.2, 0.25) is 0 Å². The van der Waals surface area contributed by atoms with Crippen LogP contribution in [-0.2, 0) is 16.0 Å². The van der Waals surface area contributed by atoms with Gasteiger partial charge in [-0.15, -0.1) is 0 Å². The van der Waals surface area contributed by atoms with E-state index in [2.05, 4.69) is 0 Å². The lowest BCUT2D eigenvalue weighted by Crippen LogP contribution is -2.31. The minimum Gasteiger partial charge on any atom is -0.478 e. The van der Waals surface area contributed by atoms with Gasteiger partial charge in [0.1, 0.15) is 0 Å². The smallest absolute Gasteiger partial charge is 0.335 e. The largest absolute Gasteiger partial charge is 0.478 e. The Hall–Kier alpha value is -1.88. The number of hydrogen-bond donors (Lipinski definition) is 1. The Kier molecular flexibility index (Phi) is 5.33. The molecule has 0 aromatic heterocycles. The normalized spacial score (nSPS) is 18.0. The summed E-state index contributed by atoms with van der Waals surface area (Å²) in [7, 11) is 0. The Labute approximate surface area is 124 Å². The Bertz CT molecular complexity index is 515. The van der Waals surface area contributed by atoms with Crippen molar-refractivity contribution in [2.75, 3.05) is 26.3 Å². The molecule has 2 rings (SSSR count). The molecule has 0 saturated carbocycles. The van der Waals surface area contributed by atoms with E-state index in [9.17, 15) is 9.59 Å². The Morgan fingerprint density at radius 1 is 1.38 bits per heavy atom. The zero-order valence-corrected chi connectivity index (χ0v) is 12.2. The molecule has 1 aliphatic rings. The van der Waals surface area contributed by atoms with Crippen molar-refractivity contribution in [3.05, 3.63) is 35.4 Å². The van der Waals surface area contributed by atoms with E-state index in [1.165, 1.54) is 6.07 Å². The van der Waals surface area contributed by atoms with Crippen molar-refractivity contribution in [3.8, 4) is 0 Å². The van der Waals surface area contributed by atoms with Crippen LogP contribution in [-0.4, -0.2) is 48.2 Å². The van der Waals surface area contributed by atoms with Gasteiger partial charge in [-0.2, -0.15) is 0 Å². The molecule has 21 heavy (non-hydrogen) atoms. The zero-order valence-electron chi connectivity index (χ0n) is 12.2. The highest BCUT2D eigenvalue weighted by atomic mass is 16.5. The summed E-state index contributed by atoms with van der Waals surface area (Å²) in [6.07, 6.45) is 1.09. The first-order valence-electron chi connectivity index (χ1n) is 7.28. The number of ether oxygens (including phenoxy) is 1. The van der Waals surface area contributed by atoms with Crippen molar-refractivity contribution >= 4 is 11.9 Å². The van der Waals surface area contributed by atoms with Gasteiger partial charge in [-0.1, -0.05) is 18.2 Å². The van der Waals surface area contributed by atoms with Crippen molar-refractivity contribution in [3.63, 3.8) is 0 Å². The van der Waals surface area contributed by atoms with Gasteiger partial charge >= 0.3 is 5.97 Å². The summed E-state index contributed by atoms with van der Waals surface area (Å²) in [6.45, 7) is 4.77. The summed E-state index contributed by atoms with van der Waals surface area (Å²) in [5.41, 5.74) is 0.777. The lowest BCUT2D eigenvalue weighted by atomic mass is 10.0. The quantitative estimate of drug-likeness (QED) is 0.868. The third kappa shape index (κ3) is 4.04. The third-order valence-electron chi connectivity index (χ3n) is 3.79. The second kappa shape index (κ2) is 7.22. The van der Waals surface area contributed by atoms with E-state index in [4.69, 9.17) is 9.84 Å². The Balaban J connectivity index is 1.95. The SMILES string of the molecule is CCOCC1CCN(C(=O)Cc2ccccc2C(=O)O)C1. The van der Waals surface area contributed by atoms with Crippen LogP contribution in [0.25, 0.3) is 0 Å². The lowest BCUT2D eigenvalue weighted by molar-refractivity contribution is -0.129. The van der Waals surface area contributed by atoms with E-state index in [1.54, 1.807) is 18.2 Å². The molecule has 1 unspecified atom stereocenters. The maximum atomic E-state index is 12.3. The van der Waals surface area contributed by atoms with Crippen molar-refractivity contribution < 1.29 is 19.4 Å². The van der Waals surface area contributed by atoms with Crippen LogP contribution in [0.15, 0.2) is 24.3 Å². The lowest BCUT2D eigenvalue weighted by Gasteiger charge is -2.17. The van der Waals surface area contributed by atoms with E-state index in [1.807, 2.05) is 11.8 Å². The summed E-state index contributed by atoms with van der Waals surface area (Å²) < 4.78 is 5.40. The molecule has 1 fully saturated rings. The Morgan fingerprint density at radius 3 is 2.86 bits per heavy atom. The van der Waals surface area contributed by atoms with Crippen LogP contribution < -0.4 is 0 Å². The van der Waals surface area contributed by atoms with E-state index >= 15 is 0 Å². The predicted molar refractivity (Wildman–Crippen MR) is 78.3 cm³/mol. The summed E-state index contributed by atoms with van der Waals surface area (Å²) in [6, 6.07) is 6.67. The third-order valence-corrected chi connectivity index (χ3v) is 3.79. The van der Waals surface area contributed by atoms with Crippen LogP contribution in [0.3, 0.4) is 0 Å². The number of benzene rings is 1. The number of carbonyl (C=O) groups is 2. The molecule has 1 heterocycles. The summed E-state index contributed by atoms with van der Waals surface area (Å²) in [5.74, 6) is -0.611. The second-order valence-corrected chi connectivity index (χ2v) is 5.29. The molecule has 1 aliphatic heterocycles. The summed E-state index contributed by atoms with van der Waals surface area (Å²) >= 11 is 0. The number of hydrogen-bond acceptors (Lipinski definition) is 3. The van der Waals surface area contributed by atoms with E-state index in [0.29, 0.717) is 31.2 Å². The molecule has 0 spiro atoms. The summed E-state index contributed by atoms with van der Waals surface area (Å²) in [5, 5.41) is 9.14. The maximum Gasteiger partial charge on any atom is 0.335 e. The van der Waals surface area contributed by atoms with Crippen molar-refractivity contribution in [2.45, 2.75) is 19.8 Å². The zero-order chi connectivity index (χ0) is 15.2. The number of carboxylic acids is 1. The first kappa shape index (κ1) is 15.5. The van der Waals surface area contributed by atoms with Gasteiger partial charge in [0.15, 0.2) is 0 Å². The maximum absolute atomic E-state index is 12.3. The first-order valence-corrected chi connectivity index (χ1v) is 7.28. The van der Waals surface area contributed by atoms with E-state index in [-0.39, 0.29) is 17.9 Å². The first-order chi connectivity index (χ1) is 10.1. The number of amides is 1. The molecular formula is C16H21NO4. The molecule has 1 aromatic carbocycles. The highest BCUT2D eigenvalue weighted by Crippen LogP contribution is 2.19. The highest BCUT2D eigenvalue weighted by molar-refractivity contribution is 5.91. The number of carboxylic acid groups (broad SMARTS) is 1. The molecule has 1 N–H and O–H groups in total. The number of nitrogens with zero attached hydrogens (tertiary/aromatic N) is 1. The van der Waals surface area contributed by atoms with Gasteiger partial charge in [-0.25, -0.2) is 4.79 Å². The monoisotopic (exact) mass is 291 g/mol. The average Bonchev–Trinajstić information content (AvgIpc) is 2.94. The van der Waals surface area contributed by atoms with E-state index < -0.39 is 5.97 Å². The topological polar surface area (TPSA) is 66.8 Å². The molecule has 0 radical (unpaired) electrons. The molecule has 114 valence electrons. The van der Waals surface area contributed by atoms with Gasteiger partial charge in [-0.3, -0.25) is 4.79 Å². The second-order valence-electron chi connectivity index (χ2n) is 5.29. The minimum atomic E-state index is -0.992. The molecule has 1 atom stereocenters. The van der Waals surface area contributed by atoms with Crippen LogP contribution in [0, 0.1) is 5.92 Å². The number of aromatic carboxylic acids is 1. The van der Waals surface area contributed by atoms with Crippen LogP contribution >= 0.6 is 0 Å². The molecule has 5 heteroatoms. The standard InChI is InChI=1S/C16H21NO4/c1-2-21-11-12-7-8-17(10-12)15(18)9-13-5-3-4-6-14(13)16(19)20/h3-6,12H,2,7-11H2,1H3,(H,19,20).